The zero-order valence-electron chi connectivity index (χ0n) is 13.2. The van der Waals surface area contributed by atoms with Crippen molar-refractivity contribution < 1.29 is 9.53 Å². The third-order valence-electron chi connectivity index (χ3n) is 4.22. The number of fused-ring (bicyclic) bond motifs is 3. The Morgan fingerprint density at radius 2 is 1.58 bits per heavy atom. The first-order valence-electron chi connectivity index (χ1n) is 8.03. The lowest BCUT2D eigenvalue weighted by Crippen LogP contribution is -2.09. The molecular formula is C22H16O2. The van der Waals surface area contributed by atoms with E-state index in [-0.39, 0.29) is 5.97 Å². The first-order chi connectivity index (χ1) is 11.8. The van der Waals surface area contributed by atoms with Crippen molar-refractivity contribution in [2.75, 3.05) is 6.61 Å². The second-order valence-corrected chi connectivity index (χ2v) is 5.77. The normalized spacial score (nSPS) is 11.7. The van der Waals surface area contributed by atoms with Gasteiger partial charge in [0.2, 0.25) is 0 Å². The highest BCUT2D eigenvalue weighted by Crippen LogP contribution is 2.40. The molecule has 2 radical (unpaired) electrons. The van der Waals surface area contributed by atoms with Crippen LogP contribution in [0.3, 0.4) is 0 Å². The highest BCUT2D eigenvalue weighted by molar-refractivity contribution is 6.01. The Labute approximate surface area is 141 Å². The number of hydrogen-bond donors (Lipinski definition) is 0. The van der Waals surface area contributed by atoms with Crippen LogP contribution < -0.4 is 0 Å². The predicted octanol–water partition coefficient (Wildman–Crippen LogP) is 4.54. The Kier molecular flexibility index (Phi) is 3.87. The Morgan fingerprint density at radius 3 is 2.46 bits per heavy atom. The lowest BCUT2D eigenvalue weighted by atomic mass is 9.99. The molecule has 2 heteroatoms. The summed E-state index contributed by atoms with van der Waals surface area (Å²) < 4.78 is 5.51. The summed E-state index contributed by atoms with van der Waals surface area (Å²) in [5, 5.41) is 0. The summed E-state index contributed by atoms with van der Waals surface area (Å²) in [5.41, 5.74) is 5.72. The maximum absolute atomic E-state index is 12.6. The van der Waals surface area contributed by atoms with Gasteiger partial charge in [-0.3, -0.25) is 0 Å². The third kappa shape index (κ3) is 2.71. The Balaban J connectivity index is 1.54. The molecule has 4 rings (SSSR count). The van der Waals surface area contributed by atoms with Gasteiger partial charge in [0, 0.05) is 12.0 Å². The molecule has 0 atom stereocenters. The molecule has 2 nitrogen and oxygen atoms in total. The predicted molar refractivity (Wildman–Crippen MR) is 93.8 cm³/mol. The van der Waals surface area contributed by atoms with Crippen molar-refractivity contribution in [1.29, 1.82) is 0 Å². The van der Waals surface area contributed by atoms with Crippen LogP contribution in [0.2, 0.25) is 0 Å². The number of hydrogen-bond acceptors (Lipinski definition) is 2. The van der Waals surface area contributed by atoms with E-state index in [1.165, 1.54) is 0 Å². The van der Waals surface area contributed by atoms with E-state index in [1.807, 2.05) is 72.8 Å². The van der Waals surface area contributed by atoms with E-state index in [9.17, 15) is 4.79 Å². The fourth-order valence-electron chi connectivity index (χ4n) is 3.06. The smallest absolute Gasteiger partial charge is 0.338 e. The van der Waals surface area contributed by atoms with E-state index >= 15 is 0 Å². The van der Waals surface area contributed by atoms with E-state index in [4.69, 9.17) is 4.74 Å². The van der Waals surface area contributed by atoms with Gasteiger partial charge >= 0.3 is 5.97 Å². The van der Waals surface area contributed by atoms with Crippen molar-refractivity contribution in [1.82, 2.24) is 0 Å². The van der Waals surface area contributed by atoms with Crippen LogP contribution in [0, 0.1) is 6.42 Å². The van der Waals surface area contributed by atoms with Crippen molar-refractivity contribution >= 4 is 5.97 Å². The first kappa shape index (κ1) is 14.7. The summed E-state index contributed by atoms with van der Waals surface area (Å²) in [6.45, 7) is 0.377. The topological polar surface area (TPSA) is 26.3 Å². The molecule has 0 N–H and O–H groups in total. The van der Waals surface area contributed by atoms with Crippen LogP contribution >= 0.6 is 0 Å². The fraction of sp³-hybridized carbons (Fsp3) is 0.0909. The molecule has 0 heterocycles. The van der Waals surface area contributed by atoms with Gasteiger partial charge in [-0.05, 0) is 28.3 Å². The van der Waals surface area contributed by atoms with Crippen LogP contribution in [0.4, 0.5) is 0 Å². The van der Waals surface area contributed by atoms with Crippen LogP contribution in [-0.4, -0.2) is 12.6 Å². The molecule has 3 aromatic rings. The summed E-state index contributed by atoms with van der Waals surface area (Å²) in [7, 11) is 0. The number of rotatable bonds is 4. The zero-order valence-corrected chi connectivity index (χ0v) is 13.2. The minimum absolute atomic E-state index is 0.277. The summed E-state index contributed by atoms with van der Waals surface area (Å²) in [6.07, 6.45) is 4.07. The standard InChI is InChI=1S/C22H16O2/c23-22(24-14-13-16-7-2-1-3-8-16)20-12-6-10-18-15-17-9-4-5-11-19(17)21(18)20/h1-12H,13-14H2. The second-order valence-electron chi connectivity index (χ2n) is 5.77. The average Bonchev–Trinajstić information content (AvgIpc) is 3.01. The molecule has 0 unspecified atom stereocenters. The van der Waals surface area contributed by atoms with Crippen molar-refractivity contribution in [3.8, 4) is 11.1 Å². The van der Waals surface area contributed by atoms with E-state index in [0.29, 0.717) is 12.2 Å². The highest BCUT2D eigenvalue weighted by atomic mass is 16.5. The first-order valence-corrected chi connectivity index (χ1v) is 8.03. The van der Waals surface area contributed by atoms with Gasteiger partial charge < -0.3 is 4.74 Å². The summed E-state index contributed by atoms with van der Waals surface area (Å²) in [6, 6.07) is 23.7. The van der Waals surface area contributed by atoms with Gasteiger partial charge in [-0.2, -0.15) is 0 Å². The molecule has 0 fully saturated rings. The third-order valence-corrected chi connectivity index (χ3v) is 4.22. The number of benzene rings is 3. The Morgan fingerprint density at radius 1 is 0.833 bits per heavy atom. The SMILES string of the molecule is O=C(OCCc1ccccc1)c1cccc2c1-c1ccccc1[C]2. The van der Waals surface area contributed by atoms with Crippen LogP contribution in [0.25, 0.3) is 11.1 Å². The van der Waals surface area contributed by atoms with Gasteiger partial charge in [0.05, 0.1) is 18.6 Å². The van der Waals surface area contributed by atoms with Gasteiger partial charge in [0.25, 0.3) is 0 Å². The van der Waals surface area contributed by atoms with Crippen LogP contribution in [0.1, 0.15) is 27.0 Å². The van der Waals surface area contributed by atoms with Gasteiger partial charge in [0.1, 0.15) is 0 Å². The molecule has 0 amide bonds. The number of carbonyl (C=O) groups is 1. The summed E-state index contributed by atoms with van der Waals surface area (Å²) in [4.78, 5) is 12.6. The Hall–Kier alpha value is -2.87. The molecule has 0 saturated heterocycles. The van der Waals surface area contributed by atoms with E-state index in [0.717, 1.165) is 34.2 Å². The van der Waals surface area contributed by atoms with Crippen molar-refractivity contribution in [2.45, 2.75) is 6.42 Å². The molecule has 3 aromatic carbocycles. The number of carbonyl (C=O) groups excluding carboxylic acids is 1. The molecular weight excluding hydrogens is 296 g/mol. The molecule has 116 valence electrons. The van der Waals surface area contributed by atoms with Crippen LogP contribution in [0.5, 0.6) is 0 Å². The molecule has 0 saturated carbocycles. The van der Waals surface area contributed by atoms with Gasteiger partial charge in [-0.25, -0.2) is 4.79 Å². The molecule has 0 bridgehead atoms. The van der Waals surface area contributed by atoms with Crippen molar-refractivity contribution in [3.63, 3.8) is 0 Å². The monoisotopic (exact) mass is 312 g/mol. The second kappa shape index (κ2) is 6.32. The quantitative estimate of drug-likeness (QED) is 0.517. The molecule has 0 aliphatic heterocycles. The summed E-state index contributed by atoms with van der Waals surface area (Å²) in [5.74, 6) is -0.277. The lowest BCUT2D eigenvalue weighted by Gasteiger charge is -2.10. The highest BCUT2D eigenvalue weighted by Gasteiger charge is 2.24. The number of esters is 1. The molecule has 1 aliphatic carbocycles. The van der Waals surface area contributed by atoms with Gasteiger partial charge in [0.15, 0.2) is 0 Å². The minimum atomic E-state index is -0.277. The summed E-state index contributed by atoms with van der Waals surface area (Å²) >= 11 is 0. The van der Waals surface area contributed by atoms with E-state index in [2.05, 4.69) is 6.42 Å². The van der Waals surface area contributed by atoms with Gasteiger partial charge in [-0.15, -0.1) is 0 Å². The maximum atomic E-state index is 12.6. The van der Waals surface area contributed by atoms with Gasteiger partial charge in [-0.1, -0.05) is 66.7 Å². The molecule has 1 aliphatic rings. The minimum Gasteiger partial charge on any atom is -0.462 e. The molecule has 0 spiro atoms. The lowest BCUT2D eigenvalue weighted by molar-refractivity contribution is 0.0510. The number of ether oxygens (including phenoxy) is 1. The van der Waals surface area contributed by atoms with E-state index < -0.39 is 0 Å². The van der Waals surface area contributed by atoms with Crippen LogP contribution in [-0.2, 0) is 11.2 Å². The van der Waals surface area contributed by atoms with Crippen LogP contribution in [0.15, 0.2) is 72.8 Å². The largest absolute Gasteiger partial charge is 0.462 e. The maximum Gasteiger partial charge on any atom is 0.338 e. The zero-order chi connectivity index (χ0) is 16.4. The van der Waals surface area contributed by atoms with E-state index in [1.54, 1.807) is 0 Å². The molecule has 0 aromatic heterocycles. The van der Waals surface area contributed by atoms with Crippen molar-refractivity contribution in [3.05, 3.63) is 101 Å². The fourth-order valence-corrected chi connectivity index (χ4v) is 3.06. The Bertz CT molecular complexity index is 881. The average molecular weight is 312 g/mol. The molecule has 24 heavy (non-hydrogen) atoms. The van der Waals surface area contributed by atoms with Crippen molar-refractivity contribution in [2.24, 2.45) is 0 Å².